The number of hydrogen-bond donors (Lipinski definition) is 0. The summed E-state index contributed by atoms with van der Waals surface area (Å²) in [4.78, 5) is 1.40. The van der Waals surface area contributed by atoms with Gasteiger partial charge < -0.3 is 13.7 Å². The topological polar surface area (TPSA) is 32.2 Å². The Morgan fingerprint density at radius 1 is 0.867 bits per heavy atom. The van der Waals surface area contributed by atoms with Gasteiger partial charge in [0.2, 0.25) is 5.88 Å². The minimum atomic E-state index is 0.284. The van der Waals surface area contributed by atoms with Gasteiger partial charge in [0.05, 0.1) is 10.9 Å². The molecule has 5 heteroatoms. The first-order chi connectivity index (χ1) is 22.2. The molecule has 5 aliphatic rings. The molecule has 220 valence electrons. The fourth-order valence-corrected chi connectivity index (χ4v) is 10.4. The van der Waals surface area contributed by atoms with E-state index in [2.05, 4.69) is 88.6 Å². The highest BCUT2D eigenvalue weighted by Gasteiger charge is 2.37. The van der Waals surface area contributed by atoms with Gasteiger partial charge in [0.15, 0.2) is 0 Å². The van der Waals surface area contributed by atoms with Crippen molar-refractivity contribution >= 4 is 39.8 Å². The van der Waals surface area contributed by atoms with E-state index in [4.69, 9.17) is 9.15 Å². The second-order valence-electron chi connectivity index (χ2n) is 13.6. The Balaban J connectivity index is 1.38. The lowest BCUT2D eigenvalue weighted by molar-refractivity contribution is 0.333. The molecule has 5 bridgehead atoms. The number of benzene rings is 2. The average Bonchev–Trinajstić information content (AvgIpc) is 3.81. The van der Waals surface area contributed by atoms with Gasteiger partial charge in [-0.2, -0.15) is 0 Å². The molecular weight excluding hydrogens is 573 g/mol. The van der Waals surface area contributed by atoms with E-state index in [1.54, 1.807) is 5.57 Å². The number of thiophene rings is 1. The van der Waals surface area contributed by atoms with E-state index >= 15 is 0 Å². The maximum atomic E-state index is 7.02. The van der Waals surface area contributed by atoms with Gasteiger partial charge in [-0.15, -0.1) is 11.3 Å². The number of ether oxygens (including phenoxy) is 1. The number of fused-ring (bicyclic) bond motifs is 14. The van der Waals surface area contributed by atoms with Gasteiger partial charge in [0.1, 0.15) is 6.26 Å². The first kappa shape index (κ1) is 24.8. The standard InChI is InChI=1S/C40H32N2O2S/c1-41-18-32-29-15-22-7-6-8-23-16-31-34(25-10-3-2-9-24(22)25)20-43-40(31)44-39(23)42-36-12-5-4-11-26(36)30-17-37-27(13-14-28(29)38(30)42)35(21-45-37)33(32)19-41/h2-5,9-12,17-22,29H,6-8,13-16H2,1H3. The highest BCUT2D eigenvalue weighted by atomic mass is 32.1. The van der Waals surface area contributed by atoms with Crippen molar-refractivity contribution in [2.45, 2.75) is 56.8 Å². The van der Waals surface area contributed by atoms with Gasteiger partial charge in [-0.1, -0.05) is 42.5 Å². The lowest BCUT2D eigenvalue weighted by atomic mass is 9.73. The molecule has 4 nitrogen and oxygen atoms in total. The summed E-state index contributed by atoms with van der Waals surface area (Å²) in [5, 5.41) is 6.41. The molecule has 6 heterocycles. The molecule has 4 aromatic heterocycles. The highest BCUT2D eigenvalue weighted by molar-refractivity contribution is 7.11. The Morgan fingerprint density at radius 3 is 2.76 bits per heavy atom. The lowest BCUT2D eigenvalue weighted by Gasteiger charge is -2.30. The van der Waals surface area contributed by atoms with Crippen molar-refractivity contribution in [3.63, 3.8) is 0 Å². The number of aromatic nitrogens is 2. The Hall–Kier alpha value is -4.48. The second kappa shape index (κ2) is 8.82. The molecule has 0 saturated heterocycles. The quantitative estimate of drug-likeness (QED) is 0.174. The molecule has 0 saturated carbocycles. The van der Waals surface area contributed by atoms with Crippen molar-refractivity contribution in [1.29, 1.82) is 0 Å². The minimum absolute atomic E-state index is 0.284. The molecule has 2 aromatic carbocycles. The van der Waals surface area contributed by atoms with Gasteiger partial charge in [0.25, 0.3) is 5.95 Å². The van der Waals surface area contributed by atoms with Crippen LogP contribution in [0.2, 0.25) is 0 Å². The van der Waals surface area contributed by atoms with Crippen molar-refractivity contribution in [1.82, 2.24) is 9.13 Å². The van der Waals surface area contributed by atoms with Crippen LogP contribution in [0.5, 0.6) is 5.95 Å². The normalized spacial score (nSPS) is 20.6. The number of nitrogens with zero attached hydrogens (tertiary/aromatic N) is 2. The first-order valence-corrected chi connectivity index (χ1v) is 17.3. The predicted molar refractivity (Wildman–Crippen MR) is 181 cm³/mol. The van der Waals surface area contributed by atoms with Crippen LogP contribution in [0.1, 0.15) is 71.1 Å². The fraction of sp³-hybridized carbons (Fsp3) is 0.250. The maximum Gasteiger partial charge on any atom is 0.295 e. The molecule has 0 amide bonds. The van der Waals surface area contributed by atoms with E-state index in [1.165, 1.54) is 76.4 Å². The molecule has 2 atom stereocenters. The summed E-state index contributed by atoms with van der Waals surface area (Å²) in [5.41, 5.74) is 15.2. The highest BCUT2D eigenvalue weighted by Crippen LogP contribution is 2.51. The summed E-state index contributed by atoms with van der Waals surface area (Å²) >= 11 is 1.91. The smallest absolute Gasteiger partial charge is 0.295 e. The molecule has 2 unspecified atom stereocenters. The zero-order valence-electron chi connectivity index (χ0n) is 25.2. The van der Waals surface area contributed by atoms with Crippen molar-refractivity contribution in [2.24, 2.45) is 7.05 Å². The minimum Gasteiger partial charge on any atom is -0.433 e. The zero-order chi connectivity index (χ0) is 29.4. The summed E-state index contributed by atoms with van der Waals surface area (Å²) in [6.45, 7) is 0. The van der Waals surface area contributed by atoms with Crippen LogP contribution in [0, 0.1) is 0 Å². The number of furan rings is 1. The van der Waals surface area contributed by atoms with Crippen molar-refractivity contribution in [2.75, 3.05) is 0 Å². The average molecular weight is 605 g/mol. The second-order valence-corrected chi connectivity index (χ2v) is 14.5. The molecule has 11 rings (SSSR count). The SMILES string of the molecule is Cn1cc2c(c1)C1CC3CCCC4=C(Oc5occ(c5C4)-c4ccccc43)n3c4c(c5ccccc53)=Cc3scc-2c3CCC=41. The summed E-state index contributed by atoms with van der Waals surface area (Å²) < 4.78 is 18.1. The summed E-state index contributed by atoms with van der Waals surface area (Å²) in [6, 6.07) is 18.1. The lowest BCUT2D eigenvalue weighted by Crippen LogP contribution is -2.36. The monoisotopic (exact) mass is 604 g/mol. The van der Waals surface area contributed by atoms with Crippen LogP contribution in [-0.2, 0) is 19.9 Å². The van der Waals surface area contributed by atoms with Crippen molar-refractivity contribution in [3.8, 4) is 28.2 Å². The molecule has 0 N–H and O–H groups in total. The number of aryl methyl sites for hydroxylation is 1. The number of allylic oxidation sites excluding steroid dienone is 1. The van der Waals surface area contributed by atoms with E-state index in [9.17, 15) is 0 Å². The van der Waals surface area contributed by atoms with Gasteiger partial charge in [-0.25, -0.2) is 0 Å². The van der Waals surface area contributed by atoms with E-state index in [1.807, 2.05) is 17.6 Å². The molecule has 2 aliphatic heterocycles. The molecule has 45 heavy (non-hydrogen) atoms. The van der Waals surface area contributed by atoms with Crippen molar-refractivity contribution in [3.05, 3.63) is 116 Å². The summed E-state index contributed by atoms with van der Waals surface area (Å²) in [7, 11) is 2.20. The van der Waals surface area contributed by atoms with Crippen LogP contribution in [0.15, 0.2) is 82.6 Å². The molecule has 0 fully saturated rings. The third kappa shape index (κ3) is 3.27. The van der Waals surface area contributed by atoms with Crippen LogP contribution < -0.4 is 15.3 Å². The third-order valence-electron chi connectivity index (χ3n) is 11.3. The Labute approximate surface area is 265 Å². The van der Waals surface area contributed by atoms with Crippen LogP contribution in [0.25, 0.3) is 50.7 Å². The van der Waals surface area contributed by atoms with Crippen LogP contribution in [-0.4, -0.2) is 9.13 Å². The Kier molecular flexibility index (Phi) is 4.86. The molecule has 0 spiro atoms. The summed E-state index contributed by atoms with van der Waals surface area (Å²) in [6.07, 6.45) is 16.6. The zero-order valence-corrected chi connectivity index (χ0v) is 26.0. The van der Waals surface area contributed by atoms with Crippen LogP contribution >= 0.6 is 11.3 Å². The molecule has 3 aliphatic carbocycles. The van der Waals surface area contributed by atoms with Gasteiger partial charge in [-0.05, 0) is 101 Å². The van der Waals surface area contributed by atoms with Crippen LogP contribution in [0.4, 0.5) is 0 Å². The van der Waals surface area contributed by atoms with E-state index in [-0.39, 0.29) is 5.92 Å². The largest absolute Gasteiger partial charge is 0.433 e. The van der Waals surface area contributed by atoms with E-state index < -0.39 is 0 Å². The number of hydrogen-bond acceptors (Lipinski definition) is 3. The predicted octanol–water partition coefficient (Wildman–Crippen LogP) is 8.47. The summed E-state index contributed by atoms with van der Waals surface area (Å²) in [5.74, 6) is 2.33. The van der Waals surface area contributed by atoms with Crippen molar-refractivity contribution < 1.29 is 9.15 Å². The first-order valence-electron chi connectivity index (χ1n) is 16.4. The Morgan fingerprint density at radius 2 is 1.78 bits per heavy atom. The Bertz CT molecular complexity index is 2420. The number of para-hydroxylation sites is 1. The number of rotatable bonds is 0. The fourth-order valence-electron chi connectivity index (χ4n) is 9.39. The third-order valence-corrected chi connectivity index (χ3v) is 12.3. The van der Waals surface area contributed by atoms with Gasteiger partial charge >= 0.3 is 0 Å². The molecule has 0 radical (unpaired) electrons. The van der Waals surface area contributed by atoms with E-state index in [0.29, 0.717) is 11.9 Å². The maximum absolute atomic E-state index is 7.02. The van der Waals surface area contributed by atoms with Gasteiger partial charge in [0, 0.05) is 64.0 Å². The molecule has 6 aromatic rings. The molecular formula is C40H32N2O2S. The van der Waals surface area contributed by atoms with Gasteiger partial charge in [-0.3, -0.25) is 4.57 Å². The van der Waals surface area contributed by atoms with Crippen LogP contribution in [0.3, 0.4) is 0 Å². The van der Waals surface area contributed by atoms with E-state index in [0.717, 1.165) is 50.8 Å².